The molecule has 6 heteroatoms. The standard InChI is InChI=1S/C28H56O6/c1-4-7-9-11-12-14-17-27(16-13-10-8-5-2)26-34-28(29)18-15-19-31-22-23-33-25-24-32-21-20-30-6-3/h27H,4-26H2,1-3H3. The van der Waals surface area contributed by atoms with Crippen molar-refractivity contribution in [1.82, 2.24) is 0 Å². The summed E-state index contributed by atoms with van der Waals surface area (Å²) in [6.07, 6.45) is 16.5. The first kappa shape index (κ1) is 33.3. The summed E-state index contributed by atoms with van der Waals surface area (Å²) in [5, 5.41) is 0. The van der Waals surface area contributed by atoms with Gasteiger partial charge in [-0.2, -0.15) is 0 Å². The highest BCUT2D eigenvalue weighted by molar-refractivity contribution is 5.69. The van der Waals surface area contributed by atoms with Crippen molar-refractivity contribution >= 4 is 5.97 Å². The highest BCUT2D eigenvalue weighted by atomic mass is 16.6. The fourth-order valence-corrected chi connectivity index (χ4v) is 3.79. The van der Waals surface area contributed by atoms with Gasteiger partial charge in [-0.3, -0.25) is 4.79 Å². The van der Waals surface area contributed by atoms with Crippen molar-refractivity contribution in [3.63, 3.8) is 0 Å². The van der Waals surface area contributed by atoms with Crippen molar-refractivity contribution < 1.29 is 28.5 Å². The molecule has 0 spiro atoms. The minimum absolute atomic E-state index is 0.0921. The zero-order valence-corrected chi connectivity index (χ0v) is 22.8. The Morgan fingerprint density at radius 2 is 1.03 bits per heavy atom. The van der Waals surface area contributed by atoms with Crippen LogP contribution < -0.4 is 0 Å². The van der Waals surface area contributed by atoms with E-state index >= 15 is 0 Å². The van der Waals surface area contributed by atoms with E-state index in [9.17, 15) is 4.79 Å². The van der Waals surface area contributed by atoms with Gasteiger partial charge in [0.15, 0.2) is 0 Å². The molecule has 0 amide bonds. The fourth-order valence-electron chi connectivity index (χ4n) is 3.79. The van der Waals surface area contributed by atoms with E-state index in [1.54, 1.807) is 0 Å². The smallest absolute Gasteiger partial charge is 0.305 e. The Morgan fingerprint density at radius 1 is 0.559 bits per heavy atom. The van der Waals surface area contributed by atoms with Gasteiger partial charge in [-0.1, -0.05) is 78.1 Å². The molecule has 0 aromatic rings. The van der Waals surface area contributed by atoms with Crippen LogP contribution in [0.4, 0.5) is 0 Å². The molecule has 6 nitrogen and oxygen atoms in total. The van der Waals surface area contributed by atoms with Gasteiger partial charge in [0.05, 0.1) is 46.2 Å². The van der Waals surface area contributed by atoms with Gasteiger partial charge in [-0.25, -0.2) is 0 Å². The zero-order valence-electron chi connectivity index (χ0n) is 22.8. The van der Waals surface area contributed by atoms with Gasteiger partial charge in [0, 0.05) is 19.6 Å². The van der Waals surface area contributed by atoms with Crippen LogP contribution in [0.15, 0.2) is 0 Å². The summed E-state index contributed by atoms with van der Waals surface area (Å²) < 4.78 is 27.2. The second-order valence-electron chi connectivity index (χ2n) is 9.09. The summed E-state index contributed by atoms with van der Waals surface area (Å²) in [4.78, 5) is 12.1. The van der Waals surface area contributed by atoms with Crippen LogP contribution in [0.1, 0.15) is 111 Å². The van der Waals surface area contributed by atoms with E-state index in [4.69, 9.17) is 23.7 Å². The molecule has 0 heterocycles. The number of carbonyl (C=O) groups excluding carboxylic acids is 1. The number of unbranched alkanes of at least 4 members (excludes halogenated alkanes) is 8. The van der Waals surface area contributed by atoms with Crippen molar-refractivity contribution in [2.45, 2.75) is 111 Å². The van der Waals surface area contributed by atoms with E-state index in [0.29, 0.717) is 78.2 Å². The number of hydrogen-bond donors (Lipinski definition) is 0. The maximum Gasteiger partial charge on any atom is 0.305 e. The number of esters is 1. The normalized spacial score (nSPS) is 12.2. The van der Waals surface area contributed by atoms with Crippen molar-refractivity contribution in [2.75, 3.05) is 59.5 Å². The van der Waals surface area contributed by atoms with Crippen LogP contribution >= 0.6 is 0 Å². The predicted molar refractivity (Wildman–Crippen MR) is 139 cm³/mol. The molecule has 0 aliphatic carbocycles. The third-order valence-corrected chi connectivity index (χ3v) is 5.90. The molecule has 1 atom stereocenters. The zero-order chi connectivity index (χ0) is 25.0. The van der Waals surface area contributed by atoms with E-state index in [1.165, 1.54) is 77.0 Å². The maximum atomic E-state index is 12.1. The third-order valence-electron chi connectivity index (χ3n) is 5.90. The van der Waals surface area contributed by atoms with Crippen molar-refractivity contribution in [3.8, 4) is 0 Å². The van der Waals surface area contributed by atoms with Crippen LogP contribution in [0.5, 0.6) is 0 Å². The fraction of sp³-hybridized carbons (Fsp3) is 0.964. The summed E-state index contributed by atoms with van der Waals surface area (Å²) in [7, 11) is 0. The highest BCUT2D eigenvalue weighted by Gasteiger charge is 2.12. The molecule has 34 heavy (non-hydrogen) atoms. The molecule has 204 valence electrons. The Balaban J connectivity index is 3.71. The number of ether oxygens (including phenoxy) is 5. The van der Waals surface area contributed by atoms with Crippen molar-refractivity contribution in [3.05, 3.63) is 0 Å². The SMILES string of the molecule is CCCCCCCCC(CCCCCC)COC(=O)CCCOCCOCCOCCOCC. The molecule has 0 saturated carbocycles. The Morgan fingerprint density at radius 3 is 1.59 bits per heavy atom. The average molecular weight is 489 g/mol. The summed E-state index contributed by atoms with van der Waals surface area (Å²) in [5.41, 5.74) is 0. The maximum absolute atomic E-state index is 12.1. The lowest BCUT2D eigenvalue weighted by molar-refractivity contribution is -0.145. The molecule has 0 aromatic carbocycles. The van der Waals surface area contributed by atoms with Gasteiger partial charge in [-0.05, 0) is 32.1 Å². The van der Waals surface area contributed by atoms with Gasteiger partial charge in [-0.15, -0.1) is 0 Å². The molecule has 0 aromatic heterocycles. The molecule has 0 N–H and O–H groups in total. The number of rotatable bonds is 28. The molecular formula is C28H56O6. The van der Waals surface area contributed by atoms with E-state index in [0.717, 1.165) is 0 Å². The topological polar surface area (TPSA) is 63.2 Å². The minimum atomic E-state index is -0.0921. The Kier molecular flexibility index (Phi) is 28.0. The van der Waals surface area contributed by atoms with Gasteiger partial charge in [0.25, 0.3) is 0 Å². The van der Waals surface area contributed by atoms with Gasteiger partial charge < -0.3 is 23.7 Å². The van der Waals surface area contributed by atoms with E-state index < -0.39 is 0 Å². The third kappa shape index (κ3) is 25.9. The molecule has 0 radical (unpaired) electrons. The number of carbonyl (C=O) groups is 1. The predicted octanol–water partition coefficient (Wildman–Crippen LogP) is 6.73. The second kappa shape index (κ2) is 28.5. The molecule has 0 rings (SSSR count). The van der Waals surface area contributed by atoms with Gasteiger partial charge in [0.1, 0.15) is 0 Å². The first-order chi connectivity index (χ1) is 16.7. The molecule has 1 unspecified atom stereocenters. The van der Waals surface area contributed by atoms with E-state index in [-0.39, 0.29) is 5.97 Å². The van der Waals surface area contributed by atoms with Crippen LogP contribution in [0.2, 0.25) is 0 Å². The Bertz CT molecular complexity index is 404. The van der Waals surface area contributed by atoms with Gasteiger partial charge in [0.2, 0.25) is 0 Å². The molecule has 0 aliphatic rings. The molecule has 0 fully saturated rings. The lowest BCUT2D eigenvalue weighted by Gasteiger charge is -2.17. The first-order valence-electron chi connectivity index (χ1n) is 14.2. The monoisotopic (exact) mass is 488 g/mol. The lowest BCUT2D eigenvalue weighted by atomic mass is 9.95. The Hall–Kier alpha value is -0.690. The van der Waals surface area contributed by atoms with E-state index in [2.05, 4.69) is 13.8 Å². The highest BCUT2D eigenvalue weighted by Crippen LogP contribution is 2.19. The number of hydrogen-bond acceptors (Lipinski definition) is 6. The summed E-state index contributed by atoms with van der Waals surface area (Å²) in [6, 6.07) is 0. The summed E-state index contributed by atoms with van der Waals surface area (Å²) in [5.74, 6) is 0.425. The first-order valence-corrected chi connectivity index (χ1v) is 14.2. The minimum Gasteiger partial charge on any atom is -0.465 e. The van der Waals surface area contributed by atoms with Crippen LogP contribution in [-0.2, 0) is 28.5 Å². The van der Waals surface area contributed by atoms with Crippen LogP contribution in [0.3, 0.4) is 0 Å². The van der Waals surface area contributed by atoms with Crippen molar-refractivity contribution in [2.24, 2.45) is 5.92 Å². The lowest BCUT2D eigenvalue weighted by Crippen LogP contribution is -2.15. The van der Waals surface area contributed by atoms with E-state index in [1.807, 2.05) is 6.92 Å². The summed E-state index contributed by atoms with van der Waals surface area (Å²) >= 11 is 0. The van der Waals surface area contributed by atoms with Crippen LogP contribution in [-0.4, -0.2) is 65.4 Å². The van der Waals surface area contributed by atoms with Crippen molar-refractivity contribution in [1.29, 1.82) is 0 Å². The molecule has 0 aliphatic heterocycles. The summed E-state index contributed by atoms with van der Waals surface area (Å²) in [6.45, 7) is 11.7. The average Bonchev–Trinajstić information content (AvgIpc) is 2.84. The largest absolute Gasteiger partial charge is 0.465 e. The molecular weight excluding hydrogens is 432 g/mol. The molecule has 0 saturated heterocycles. The Labute approximate surface area is 210 Å². The van der Waals surface area contributed by atoms with Gasteiger partial charge >= 0.3 is 5.97 Å². The second-order valence-corrected chi connectivity index (χ2v) is 9.09. The molecule has 0 bridgehead atoms. The quantitative estimate of drug-likeness (QED) is 0.0898. The van der Waals surface area contributed by atoms with Crippen LogP contribution in [0.25, 0.3) is 0 Å². The van der Waals surface area contributed by atoms with Crippen LogP contribution in [0, 0.1) is 5.92 Å².